The molecule has 1 aromatic rings. The van der Waals surface area contributed by atoms with E-state index in [1.165, 1.54) is 25.3 Å². The van der Waals surface area contributed by atoms with Crippen LogP contribution in [0.3, 0.4) is 0 Å². The van der Waals surface area contributed by atoms with Crippen LogP contribution in [-0.2, 0) is 28.6 Å². The Morgan fingerprint density at radius 1 is 1.11 bits per heavy atom. The standard InChI is InChI=1S/C24H31N3O8/c1-14-19(22(29)25-13-18(28)35-24(3,4)5)21(16-8-7-9-17(12-16)27(31)32)20(15(2)26-14)23(30)34-11-10-33-6/h7-9,12,21,26H,10-11,13H2,1-6H3,(H,25,29). The number of rotatable bonds is 9. The minimum Gasteiger partial charge on any atom is -0.460 e. The molecule has 0 bridgehead atoms. The Morgan fingerprint density at radius 2 is 1.77 bits per heavy atom. The quantitative estimate of drug-likeness (QED) is 0.231. The number of carbonyl (C=O) groups is 3. The van der Waals surface area contributed by atoms with Crippen molar-refractivity contribution in [2.75, 3.05) is 26.9 Å². The summed E-state index contributed by atoms with van der Waals surface area (Å²) in [7, 11) is 1.46. The third kappa shape index (κ3) is 7.38. The van der Waals surface area contributed by atoms with E-state index >= 15 is 0 Å². The summed E-state index contributed by atoms with van der Waals surface area (Å²) in [5.41, 5.74) is 0.526. The van der Waals surface area contributed by atoms with Crippen LogP contribution in [0.15, 0.2) is 46.8 Å². The van der Waals surface area contributed by atoms with Crippen molar-refractivity contribution in [2.45, 2.75) is 46.1 Å². The van der Waals surface area contributed by atoms with Gasteiger partial charge >= 0.3 is 11.9 Å². The summed E-state index contributed by atoms with van der Waals surface area (Å²) in [6.07, 6.45) is 0. The molecule has 1 aromatic carbocycles. The fourth-order valence-electron chi connectivity index (χ4n) is 3.64. The Morgan fingerprint density at radius 3 is 2.37 bits per heavy atom. The van der Waals surface area contributed by atoms with Crippen LogP contribution >= 0.6 is 0 Å². The van der Waals surface area contributed by atoms with Gasteiger partial charge in [-0.25, -0.2) is 4.79 Å². The maximum Gasteiger partial charge on any atom is 0.336 e. The molecule has 0 saturated carbocycles. The third-order valence-electron chi connectivity index (χ3n) is 4.97. The highest BCUT2D eigenvalue weighted by Crippen LogP contribution is 2.39. The molecule has 1 atom stereocenters. The normalized spacial score (nSPS) is 15.9. The van der Waals surface area contributed by atoms with Crippen LogP contribution in [0.5, 0.6) is 0 Å². The molecule has 1 amide bonds. The van der Waals surface area contributed by atoms with Gasteiger partial charge in [-0.15, -0.1) is 0 Å². The molecule has 1 aliphatic rings. The molecule has 1 aliphatic heterocycles. The second-order valence-corrected chi connectivity index (χ2v) is 8.89. The summed E-state index contributed by atoms with van der Waals surface area (Å²) in [6, 6.07) is 5.69. The first kappa shape index (κ1) is 27.5. The van der Waals surface area contributed by atoms with E-state index in [0.29, 0.717) is 17.0 Å². The van der Waals surface area contributed by atoms with Gasteiger partial charge < -0.3 is 24.8 Å². The van der Waals surface area contributed by atoms with Crippen molar-refractivity contribution in [3.8, 4) is 0 Å². The molecule has 11 nitrogen and oxygen atoms in total. The van der Waals surface area contributed by atoms with Crippen LogP contribution < -0.4 is 10.6 Å². The van der Waals surface area contributed by atoms with Gasteiger partial charge in [0.25, 0.3) is 5.69 Å². The van der Waals surface area contributed by atoms with Gasteiger partial charge in [-0.1, -0.05) is 12.1 Å². The molecule has 1 heterocycles. The zero-order valence-electron chi connectivity index (χ0n) is 20.7. The van der Waals surface area contributed by atoms with Gasteiger partial charge in [0, 0.05) is 36.2 Å². The molecule has 0 aromatic heterocycles. The lowest BCUT2D eigenvalue weighted by Crippen LogP contribution is -2.39. The van der Waals surface area contributed by atoms with Gasteiger partial charge in [0.1, 0.15) is 18.8 Å². The van der Waals surface area contributed by atoms with Crippen molar-refractivity contribution >= 4 is 23.5 Å². The van der Waals surface area contributed by atoms with E-state index in [0.717, 1.165) is 0 Å². The predicted molar refractivity (Wildman–Crippen MR) is 126 cm³/mol. The zero-order chi connectivity index (χ0) is 26.3. The van der Waals surface area contributed by atoms with E-state index < -0.39 is 40.8 Å². The fraction of sp³-hybridized carbons (Fsp3) is 0.458. The lowest BCUT2D eigenvalue weighted by Gasteiger charge is -2.31. The van der Waals surface area contributed by atoms with E-state index in [1.807, 2.05) is 0 Å². The number of hydrogen-bond acceptors (Lipinski definition) is 9. The highest BCUT2D eigenvalue weighted by Gasteiger charge is 2.38. The van der Waals surface area contributed by atoms with E-state index in [-0.39, 0.29) is 30.0 Å². The molecule has 1 unspecified atom stereocenters. The van der Waals surface area contributed by atoms with Gasteiger partial charge in [0.15, 0.2) is 0 Å². The van der Waals surface area contributed by atoms with Crippen molar-refractivity contribution in [1.82, 2.24) is 10.6 Å². The highest BCUT2D eigenvalue weighted by molar-refractivity contribution is 6.02. The first-order valence-electron chi connectivity index (χ1n) is 10.9. The van der Waals surface area contributed by atoms with Crippen molar-refractivity contribution in [2.24, 2.45) is 0 Å². The number of nitro groups is 1. The lowest BCUT2D eigenvalue weighted by molar-refractivity contribution is -0.384. The first-order chi connectivity index (χ1) is 16.4. The number of non-ortho nitro benzene ring substituents is 1. The number of hydrogen-bond donors (Lipinski definition) is 2. The summed E-state index contributed by atoms with van der Waals surface area (Å²) in [6.45, 7) is 8.17. The number of esters is 2. The monoisotopic (exact) mass is 489 g/mol. The van der Waals surface area contributed by atoms with Gasteiger partial charge in [-0.05, 0) is 40.2 Å². The summed E-state index contributed by atoms with van der Waals surface area (Å²) in [5.74, 6) is -2.95. The molecule has 0 fully saturated rings. The predicted octanol–water partition coefficient (Wildman–Crippen LogP) is 2.48. The molecule has 190 valence electrons. The van der Waals surface area contributed by atoms with Crippen LogP contribution in [0, 0.1) is 10.1 Å². The second kappa shape index (κ2) is 11.6. The number of amides is 1. The number of nitrogens with zero attached hydrogens (tertiary/aromatic N) is 1. The average Bonchev–Trinajstić information content (AvgIpc) is 2.76. The van der Waals surface area contributed by atoms with E-state index in [9.17, 15) is 24.5 Å². The van der Waals surface area contributed by atoms with Crippen LogP contribution in [0.1, 0.15) is 46.1 Å². The zero-order valence-corrected chi connectivity index (χ0v) is 20.7. The number of allylic oxidation sites excluding steroid dienone is 2. The molecule has 0 spiro atoms. The van der Waals surface area contributed by atoms with E-state index in [4.69, 9.17) is 14.2 Å². The number of dihydropyridines is 1. The summed E-state index contributed by atoms with van der Waals surface area (Å²) in [4.78, 5) is 49.3. The largest absolute Gasteiger partial charge is 0.460 e. The smallest absolute Gasteiger partial charge is 0.336 e. The van der Waals surface area contributed by atoms with Crippen LogP contribution in [0.4, 0.5) is 5.69 Å². The number of benzene rings is 1. The van der Waals surface area contributed by atoms with Crippen molar-refractivity contribution in [1.29, 1.82) is 0 Å². The average molecular weight is 490 g/mol. The van der Waals surface area contributed by atoms with Crippen molar-refractivity contribution in [3.63, 3.8) is 0 Å². The van der Waals surface area contributed by atoms with Gasteiger partial charge in [-0.2, -0.15) is 0 Å². The van der Waals surface area contributed by atoms with Gasteiger partial charge in [-0.3, -0.25) is 19.7 Å². The molecular weight excluding hydrogens is 458 g/mol. The SMILES string of the molecule is COCCOC(=O)C1=C(C)NC(C)=C(C(=O)NCC(=O)OC(C)(C)C)C1c1cccc([N+](=O)[O-])c1. The maximum atomic E-state index is 13.3. The number of carbonyl (C=O) groups excluding carboxylic acids is 3. The molecular formula is C24H31N3O8. The first-order valence-corrected chi connectivity index (χ1v) is 10.9. The van der Waals surface area contributed by atoms with Crippen molar-refractivity contribution < 1.29 is 33.5 Å². The maximum absolute atomic E-state index is 13.3. The summed E-state index contributed by atoms with van der Waals surface area (Å²) in [5, 5.41) is 16.9. The second-order valence-electron chi connectivity index (χ2n) is 8.89. The van der Waals surface area contributed by atoms with E-state index in [1.54, 1.807) is 40.7 Å². The number of methoxy groups -OCH3 is 1. The molecule has 0 saturated heterocycles. The topological polar surface area (TPSA) is 146 Å². The minimum atomic E-state index is -0.982. The molecule has 0 radical (unpaired) electrons. The molecule has 2 N–H and O–H groups in total. The Labute approximate surface area is 203 Å². The fourth-order valence-corrected chi connectivity index (χ4v) is 3.64. The molecule has 11 heteroatoms. The summed E-state index contributed by atoms with van der Waals surface area (Å²) < 4.78 is 15.5. The summed E-state index contributed by atoms with van der Waals surface area (Å²) >= 11 is 0. The molecule has 2 rings (SSSR count). The van der Waals surface area contributed by atoms with E-state index in [2.05, 4.69) is 10.6 Å². The molecule has 35 heavy (non-hydrogen) atoms. The van der Waals surface area contributed by atoms with Crippen LogP contribution in [-0.4, -0.2) is 55.2 Å². The third-order valence-corrected chi connectivity index (χ3v) is 4.97. The highest BCUT2D eigenvalue weighted by atomic mass is 16.6. The lowest BCUT2D eigenvalue weighted by atomic mass is 9.80. The number of nitrogens with one attached hydrogen (secondary N) is 2. The van der Waals surface area contributed by atoms with Crippen LogP contribution in [0.25, 0.3) is 0 Å². The molecule has 0 aliphatic carbocycles. The Balaban J connectivity index is 2.48. The Kier molecular flexibility index (Phi) is 9.12. The van der Waals surface area contributed by atoms with Gasteiger partial charge in [0.05, 0.1) is 23.0 Å². The van der Waals surface area contributed by atoms with Gasteiger partial charge in [0.2, 0.25) is 5.91 Å². The van der Waals surface area contributed by atoms with Crippen molar-refractivity contribution in [3.05, 3.63) is 62.5 Å². The Hall–Kier alpha value is -3.73. The number of ether oxygens (including phenoxy) is 3. The Bertz CT molecular complexity index is 1070. The van der Waals surface area contributed by atoms with Crippen LogP contribution in [0.2, 0.25) is 0 Å². The number of nitro benzene ring substituents is 1. The minimum absolute atomic E-state index is 0.0172.